The molecular weight excluding hydrogens is 480 g/mol. The maximum Gasteiger partial charge on any atom is 0.256 e. The van der Waals surface area contributed by atoms with E-state index in [1.807, 2.05) is 23.1 Å². The van der Waals surface area contributed by atoms with Crippen molar-refractivity contribution in [2.45, 2.75) is 64.1 Å². The molecule has 1 saturated carbocycles. The van der Waals surface area contributed by atoms with Gasteiger partial charge in [0, 0.05) is 36.5 Å². The number of hydrogen-bond donors (Lipinski definition) is 4. The van der Waals surface area contributed by atoms with Crippen LogP contribution < -0.4 is 15.5 Å². The summed E-state index contributed by atoms with van der Waals surface area (Å²) in [5.74, 6) is 0.701. The number of fused-ring (bicyclic) bond motifs is 1. The number of aromatic nitrogens is 3. The minimum Gasteiger partial charge on any atom is -0.393 e. The molecule has 2 aromatic heterocycles. The fraction of sp³-hybridized carbons (Fsp3) is 0.385. The van der Waals surface area contributed by atoms with Gasteiger partial charge in [-0.1, -0.05) is 29.8 Å². The molecule has 0 unspecified atom stereocenters. The molecule has 1 aliphatic heterocycles. The Labute approximate surface area is 214 Å². The molecule has 10 heteroatoms. The van der Waals surface area contributed by atoms with E-state index in [0.717, 1.165) is 29.7 Å². The molecule has 1 amide bonds. The molecule has 0 saturated heterocycles. The van der Waals surface area contributed by atoms with Crippen molar-refractivity contribution in [3.8, 4) is 0 Å². The molecule has 36 heavy (non-hydrogen) atoms. The van der Waals surface area contributed by atoms with E-state index in [1.165, 1.54) is 0 Å². The Morgan fingerprint density at radius 1 is 1.14 bits per heavy atom. The molecule has 2 aliphatic rings. The average molecular weight is 509 g/mol. The minimum absolute atomic E-state index is 0.0115. The summed E-state index contributed by atoms with van der Waals surface area (Å²) in [6.07, 6.45) is 5.89. The summed E-state index contributed by atoms with van der Waals surface area (Å²) in [7, 11) is 0. The first-order chi connectivity index (χ1) is 17.5. The van der Waals surface area contributed by atoms with Gasteiger partial charge in [-0.05, 0) is 54.5 Å². The Bertz CT molecular complexity index is 1220. The number of aliphatic hydroxyl groups excluding tert-OH is 2. The fourth-order valence-corrected chi connectivity index (χ4v) is 4.93. The molecule has 1 aromatic carbocycles. The molecular formula is C26H29ClN6O3. The van der Waals surface area contributed by atoms with Crippen molar-refractivity contribution in [2.75, 3.05) is 10.2 Å². The van der Waals surface area contributed by atoms with Gasteiger partial charge < -0.3 is 25.7 Å². The molecule has 3 aromatic rings. The van der Waals surface area contributed by atoms with Crippen molar-refractivity contribution in [1.29, 1.82) is 0 Å². The van der Waals surface area contributed by atoms with Crippen LogP contribution in [-0.4, -0.2) is 43.2 Å². The van der Waals surface area contributed by atoms with Gasteiger partial charge in [0.05, 0.1) is 24.9 Å². The largest absolute Gasteiger partial charge is 0.393 e. The standard InChI is InChI=1S/C26H29ClN6O3/c27-22-10-16(3-4-18(22)15-34)11-29-24-21(25(36)31-19-5-7-20(35)8-6-19)12-30-26(32-24)33-13-17-2-1-9-28-23(17)14-33/h1-4,9-10,12,19-20,34-35H,5-8,11,13-15H2,(H,31,36)(H,29,30,32)/t19-,20-. The first-order valence-corrected chi connectivity index (χ1v) is 12.5. The third-order valence-electron chi connectivity index (χ3n) is 6.77. The number of carbonyl (C=O) groups excluding carboxylic acids is 1. The second-order valence-corrected chi connectivity index (χ2v) is 9.72. The normalized spacial score (nSPS) is 19.1. The Hall–Kier alpha value is -3.27. The lowest BCUT2D eigenvalue weighted by Crippen LogP contribution is -2.39. The van der Waals surface area contributed by atoms with E-state index >= 15 is 0 Å². The molecule has 1 aliphatic carbocycles. The number of rotatable bonds is 7. The number of benzene rings is 1. The van der Waals surface area contributed by atoms with Gasteiger partial charge in [0.25, 0.3) is 5.91 Å². The Morgan fingerprint density at radius 2 is 1.97 bits per heavy atom. The predicted octanol–water partition coefficient (Wildman–Crippen LogP) is 3.18. The third-order valence-corrected chi connectivity index (χ3v) is 7.12. The van der Waals surface area contributed by atoms with E-state index in [2.05, 4.69) is 20.6 Å². The van der Waals surface area contributed by atoms with E-state index in [0.29, 0.717) is 60.4 Å². The number of nitrogens with one attached hydrogen (secondary N) is 2. The summed E-state index contributed by atoms with van der Waals surface area (Å²) in [5, 5.41) is 26.0. The molecule has 0 atom stereocenters. The maximum atomic E-state index is 13.2. The molecule has 4 N–H and O–H groups in total. The summed E-state index contributed by atoms with van der Waals surface area (Å²) >= 11 is 6.26. The minimum atomic E-state index is -0.291. The third kappa shape index (κ3) is 5.43. The highest BCUT2D eigenvalue weighted by molar-refractivity contribution is 6.31. The van der Waals surface area contributed by atoms with Crippen LogP contribution in [0.25, 0.3) is 0 Å². The Morgan fingerprint density at radius 3 is 2.72 bits per heavy atom. The van der Waals surface area contributed by atoms with Crippen molar-refractivity contribution in [1.82, 2.24) is 20.3 Å². The Balaban J connectivity index is 1.37. The summed E-state index contributed by atoms with van der Waals surface area (Å²) in [6, 6.07) is 9.42. The lowest BCUT2D eigenvalue weighted by atomic mass is 9.93. The smallest absolute Gasteiger partial charge is 0.256 e. The molecule has 5 rings (SSSR count). The number of amides is 1. The van der Waals surface area contributed by atoms with E-state index < -0.39 is 0 Å². The first kappa shape index (κ1) is 24.4. The van der Waals surface area contributed by atoms with Crippen LogP contribution in [0.2, 0.25) is 5.02 Å². The number of aliphatic hydroxyl groups is 2. The summed E-state index contributed by atoms with van der Waals surface area (Å²) in [5.41, 5.74) is 4.04. The fourth-order valence-electron chi connectivity index (χ4n) is 4.67. The van der Waals surface area contributed by atoms with Gasteiger partial charge in [-0.2, -0.15) is 4.98 Å². The highest BCUT2D eigenvalue weighted by atomic mass is 35.5. The SMILES string of the molecule is O=C(N[C@H]1CC[C@H](O)CC1)c1cnc(N2Cc3cccnc3C2)nc1NCc1ccc(CO)c(Cl)c1. The summed E-state index contributed by atoms with van der Waals surface area (Å²) < 4.78 is 0. The van der Waals surface area contributed by atoms with Gasteiger partial charge in [0.1, 0.15) is 11.4 Å². The summed E-state index contributed by atoms with van der Waals surface area (Å²) in [4.78, 5) is 28.9. The van der Waals surface area contributed by atoms with Crippen LogP contribution in [0.15, 0.2) is 42.7 Å². The van der Waals surface area contributed by atoms with Gasteiger partial charge in [-0.15, -0.1) is 0 Å². The molecule has 1 fully saturated rings. The monoisotopic (exact) mass is 508 g/mol. The van der Waals surface area contributed by atoms with E-state index in [-0.39, 0.29) is 24.7 Å². The lowest BCUT2D eigenvalue weighted by Gasteiger charge is -2.26. The molecule has 3 heterocycles. The van der Waals surface area contributed by atoms with Gasteiger partial charge in [-0.3, -0.25) is 9.78 Å². The highest BCUT2D eigenvalue weighted by Gasteiger charge is 2.26. The van der Waals surface area contributed by atoms with Gasteiger partial charge >= 0.3 is 0 Å². The molecule has 0 bridgehead atoms. The number of hydrogen-bond acceptors (Lipinski definition) is 8. The van der Waals surface area contributed by atoms with Crippen LogP contribution in [0.3, 0.4) is 0 Å². The molecule has 0 radical (unpaired) electrons. The van der Waals surface area contributed by atoms with Gasteiger partial charge in [-0.25, -0.2) is 4.98 Å². The van der Waals surface area contributed by atoms with Crippen LogP contribution in [0.1, 0.15) is 58.4 Å². The number of halogens is 1. The highest BCUT2D eigenvalue weighted by Crippen LogP contribution is 2.27. The second kappa shape index (κ2) is 10.8. The van der Waals surface area contributed by atoms with Crippen LogP contribution in [0, 0.1) is 0 Å². The average Bonchev–Trinajstić information content (AvgIpc) is 3.33. The summed E-state index contributed by atoms with van der Waals surface area (Å²) in [6.45, 7) is 1.51. The van der Waals surface area contributed by atoms with Crippen molar-refractivity contribution >= 4 is 29.3 Å². The van der Waals surface area contributed by atoms with Crippen molar-refractivity contribution < 1.29 is 15.0 Å². The quantitative estimate of drug-likeness (QED) is 0.383. The Kier molecular flexibility index (Phi) is 7.31. The van der Waals surface area contributed by atoms with E-state index in [4.69, 9.17) is 16.6 Å². The number of pyridine rings is 1. The number of nitrogens with zero attached hydrogens (tertiary/aromatic N) is 4. The maximum absolute atomic E-state index is 13.2. The van der Waals surface area contributed by atoms with Crippen molar-refractivity contribution in [3.63, 3.8) is 0 Å². The zero-order chi connectivity index (χ0) is 25.1. The van der Waals surface area contributed by atoms with Crippen molar-refractivity contribution in [3.05, 3.63) is 75.7 Å². The predicted molar refractivity (Wildman–Crippen MR) is 137 cm³/mol. The molecule has 9 nitrogen and oxygen atoms in total. The van der Waals surface area contributed by atoms with Gasteiger partial charge in [0.2, 0.25) is 5.95 Å². The zero-order valence-corrected chi connectivity index (χ0v) is 20.6. The van der Waals surface area contributed by atoms with Gasteiger partial charge in [0.15, 0.2) is 0 Å². The molecule has 188 valence electrons. The first-order valence-electron chi connectivity index (χ1n) is 12.2. The van der Waals surface area contributed by atoms with Crippen LogP contribution in [-0.2, 0) is 26.2 Å². The number of carbonyl (C=O) groups is 1. The van der Waals surface area contributed by atoms with E-state index in [9.17, 15) is 15.0 Å². The van der Waals surface area contributed by atoms with Crippen molar-refractivity contribution in [2.24, 2.45) is 0 Å². The van der Waals surface area contributed by atoms with E-state index in [1.54, 1.807) is 24.5 Å². The lowest BCUT2D eigenvalue weighted by molar-refractivity contribution is 0.0867. The van der Waals surface area contributed by atoms with Crippen LogP contribution >= 0.6 is 11.6 Å². The van der Waals surface area contributed by atoms with Crippen LogP contribution in [0.5, 0.6) is 0 Å². The zero-order valence-electron chi connectivity index (χ0n) is 19.8. The topological polar surface area (TPSA) is 124 Å². The second-order valence-electron chi connectivity index (χ2n) is 9.31. The molecule has 0 spiro atoms. The van der Waals surface area contributed by atoms with Crippen LogP contribution in [0.4, 0.5) is 11.8 Å². The number of anilines is 2.